The summed E-state index contributed by atoms with van der Waals surface area (Å²) in [5.41, 5.74) is 1.09. The van der Waals surface area contributed by atoms with E-state index in [9.17, 15) is 9.59 Å². The second kappa shape index (κ2) is 8.08. The number of halogens is 1. The number of rotatable bonds is 3. The number of carbonyl (C=O) groups is 1. The molecule has 0 bridgehead atoms. The van der Waals surface area contributed by atoms with E-state index in [-0.39, 0.29) is 29.6 Å². The van der Waals surface area contributed by atoms with Gasteiger partial charge in [0.1, 0.15) is 0 Å². The zero-order valence-electron chi connectivity index (χ0n) is 13.5. The first kappa shape index (κ1) is 18.2. The molecule has 128 valence electrons. The Bertz CT molecular complexity index is 755. The maximum atomic E-state index is 12.4. The average Bonchev–Trinajstić information content (AvgIpc) is 2.56. The summed E-state index contributed by atoms with van der Waals surface area (Å²) in [5.74, 6) is -0.409. The van der Waals surface area contributed by atoms with Gasteiger partial charge < -0.3 is 10.6 Å². The predicted octanol–water partition coefficient (Wildman–Crippen LogP) is 1.44. The molecule has 0 saturated carbocycles. The number of para-hydroxylation sites is 1. The van der Waals surface area contributed by atoms with E-state index in [1.54, 1.807) is 11.6 Å². The van der Waals surface area contributed by atoms with E-state index in [1.807, 2.05) is 30.3 Å². The van der Waals surface area contributed by atoms with Crippen LogP contribution >= 0.6 is 12.4 Å². The largest absolute Gasteiger partial charge is 0.347 e. The number of aryl methyl sites for hydroxylation is 1. The van der Waals surface area contributed by atoms with Crippen LogP contribution in [0.2, 0.25) is 0 Å². The molecule has 2 aromatic rings. The first-order chi connectivity index (χ1) is 11.1. The van der Waals surface area contributed by atoms with Gasteiger partial charge in [0.15, 0.2) is 5.69 Å². The third-order valence-corrected chi connectivity index (χ3v) is 3.96. The maximum absolute atomic E-state index is 12.4. The molecule has 1 aliphatic heterocycles. The number of benzene rings is 1. The monoisotopic (exact) mass is 348 g/mol. The van der Waals surface area contributed by atoms with Gasteiger partial charge in [-0.25, -0.2) is 4.68 Å². The molecule has 1 aromatic heterocycles. The number of nitrogens with zero attached hydrogens (tertiary/aromatic N) is 2. The molecule has 0 spiro atoms. The molecule has 24 heavy (non-hydrogen) atoms. The molecular weight excluding hydrogens is 328 g/mol. The summed E-state index contributed by atoms with van der Waals surface area (Å²) in [6, 6.07) is 11.0. The Morgan fingerprint density at radius 2 is 2.08 bits per heavy atom. The number of hydrogen-bond acceptors (Lipinski definition) is 4. The summed E-state index contributed by atoms with van der Waals surface area (Å²) < 4.78 is 1.62. The fraction of sp³-hybridized carbons (Fsp3) is 0.353. The third-order valence-electron chi connectivity index (χ3n) is 3.96. The van der Waals surface area contributed by atoms with Gasteiger partial charge in [0, 0.05) is 24.3 Å². The molecule has 1 atom stereocenters. The molecule has 2 N–H and O–H groups in total. The van der Waals surface area contributed by atoms with Crippen LogP contribution in [0.5, 0.6) is 0 Å². The standard InChI is InChI=1S/C17H20N4O2.ClH/c1-12-10-15(22)16(17(23)19-13-6-5-9-18-11-13)20-21(12)14-7-3-2-4-8-14;/h2-4,7-8,10,13,18H,5-6,9,11H2,1H3,(H,19,23);1H. The van der Waals surface area contributed by atoms with Crippen LogP contribution in [0.15, 0.2) is 41.2 Å². The fourth-order valence-electron chi connectivity index (χ4n) is 2.76. The average molecular weight is 349 g/mol. The molecule has 1 unspecified atom stereocenters. The van der Waals surface area contributed by atoms with Crippen LogP contribution in [0.3, 0.4) is 0 Å². The third kappa shape index (κ3) is 4.01. The summed E-state index contributed by atoms with van der Waals surface area (Å²) in [4.78, 5) is 24.6. The zero-order chi connectivity index (χ0) is 16.2. The molecular formula is C17H21ClN4O2. The van der Waals surface area contributed by atoms with Crippen LogP contribution in [0.1, 0.15) is 29.0 Å². The Hall–Kier alpha value is -2.18. The van der Waals surface area contributed by atoms with E-state index >= 15 is 0 Å². The Kier molecular flexibility index (Phi) is 6.11. The Balaban J connectivity index is 0.00000208. The van der Waals surface area contributed by atoms with Crippen molar-refractivity contribution >= 4 is 18.3 Å². The van der Waals surface area contributed by atoms with Crippen molar-refractivity contribution in [3.63, 3.8) is 0 Å². The van der Waals surface area contributed by atoms with Gasteiger partial charge in [0.05, 0.1) is 5.69 Å². The molecule has 2 heterocycles. The van der Waals surface area contributed by atoms with Crippen molar-refractivity contribution in [2.24, 2.45) is 0 Å². The minimum Gasteiger partial charge on any atom is -0.347 e. The van der Waals surface area contributed by atoms with Gasteiger partial charge in [0.25, 0.3) is 5.91 Å². The van der Waals surface area contributed by atoms with Gasteiger partial charge in [-0.3, -0.25) is 9.59 Å². The molecule has 1 fully saturated rings. The fourth-order valence-corrected chi connectivity index (χ4v) is 2.76. The van der Waals surface area contributed by atoms with E-state index in [0.29, 0.717) is 5.69 Å². The van der Waals surface area contributed by atoms with Crippen LogP contribution < -0.4 is 16.1 Å². The van der Waals surface area contributed by atoms with E-state index < -0.39 is 5.91 Å². The molecule has 6 nitrogen and oxygen atoms in total. The SMILES string of the molecule is Cc1cc(=O)c(C(=O)NC2CCCNC2)nn1-c1ccccc1.Cl. The highest BCUT2D eigenvalue weighted by molar-refractivity contribution is 5.92. The lowest BCUT2D eigenvalue weighted by molar-refractivity contribution is 0.0922. The molecule has 0 radical (unpaired) electrons. The Morgan fingerprint density at radius 1 is 1.33 bits per heavy atom. The molecule has 1 saturated heterocycles. The second-order valence-electron chi connectivity index (χ2n) is 5.76. The van der Waals surface area contributed by atoms with Crippen LogP contribution in [-0.4, -0.2) is 34.8 Å². The minimum atomic E-state index is -0.409. The lowest BCUT2D eigenvalue weighted by Gasteiger charge is -2.23. The minimum absolute atomic E-state index is 0. The molecule has 3 rings (SSSR count). The molecule has 7 heteroatoms. The molecule has 1 aliphatic rings. The Morgan fingerprint density at radius 3 is 2.75 bits per heavy atom. The maximum Gasteiger partial charge on any atom is 0.276 e. The van der Waals surface area contributed by atoms with E-state index in [4.69, 9.17) is 0 Å². The molecule has 1 amide bonds. The summed E-state index contributed by atoms with van der Waals surface area (Å²) in [6.45, 7) is 3.49. The van der Waals surface area contributed by atoms with Gasteiger partial charge >= 0.3 is 0 Å². The van der Waals surface area contributed by atoms with Crippen LogP contribution in [0.4, 0.5) is 0 Å². The second-order valence-corrected chi connectivity index (χ2v) is 5.76. The normalized spacial score (nSPS) is 17.0. The predicted molar refractivity (Wildman–Crippen MR) is 95.2 cm³/mol. The van der Waals surface area contributed by atoms with Crippen molar-refractivity contribution in [1.82, 2.24) is 20.4 Å². The Labute approximate surface area is 146 Å². The van der Waals surface area contributed by atoms with Gasteiger partial charge in [-0.15, -0.1) is 12.4 Å². The van der Waals surface area contributed by atoms with Crippen LogP contribution in [0.25, 0.3) is 5.69 Å². The highest BCUT2D eigenvalue weighted by Crippen LogP contribution is 2.08. The van der Waals surface area contributed by atoms with E-state index in [1.165, 1.54) is 6.07 Å². The number of aromatic nitrogens is 2. The number of hydrogen-bond donors (Lipinski definition) is 2. The molecule has 0 aliphatic carbocycles. The van der Waals surface area contributed by atoms with Crippen molar-refractivity contribution in [2.45, 2.75) is 25.8 Å². The van der Waals surface area contributed by atoms with E-state index in [2.05, 4.69) is 15.7 Å². The lowest BCUT2D eigenvalue weighted by Crippen LogP contribution is -2.47. The highest BCUT2D eigenvalue weighted by atomic mass is 35.5. The van der Waals surface area contributed by atoms with Gasteiger partial charge in [0.2, 0.25) is 5.43 Å². The van der Waals surface area contributed by atoms with Crippen molar-refractivity contribution in [1.29, 1.82) is 0 Å². The summed E-state index contributed by atoms with van der Waals surface area (Å²) in [6.07, 6.45) is 1.93. The zero-order valence-corrected chi connectivity index (χ0v) is 14.3. The quantitative estimate of drug-likeness (QED) is 0.880. The van der Waals surface area contributed by atoms with Crippen LogP contribution in [0, 0.1) is 6.92 Å². The highest BCUT2D eigenvalue weighted by Gasteiger charge is 2.20. The number of carbonyl (C=O) groups excluding carboxylic acids is 1. The van der Waals surface area contributed by atoms with Crippen molar-refractivity contribution in [3.8, 4) is 5.69 Å². The van der Waals surface area contributed by atoms with Crippen molar-refractivity contribution < 1.29 is 4.79 Å². The molecule has 1 aromatic carbocycles. The van der Waals surface area contributed by atoms with Crippen LogP contribution in [-0.2, 0) is 0 Å². The number of nitrogens with one attached hydrogen (secondary N) is 2. The lowest BCUT2D eigenvalue weighted by atomic mass is 10.1. The van der Waals surface area contributed by atoms with Gasteiger partial charge in [-0.1, -0.05) is 18.2 Å². The summed E-state index contributed by atoms with van der Waals surface area (Å²) in [7, 11) is 0. The summed E-state index contributed by atoms with van der Waals surface area (Å²) >= 11 is 0. The van der Waals surface area contributed by atoms with Gasteiger partial charge in [-0.05, 0) is 38.4 Å². The summed E-state index contributed by atoms with van der Waals surface area (Å²) in [5, 5.41) is 10.4. The first-order valence-corrected chi connectivity index (χ1v) is 7.83. The van der Waals surface area contributed by atoms with Crippen molar-refractivity contribution in [2.75, 3.05) is 13.1 Å². The number of amides is 1. The van der Waals surface area contributed by atoms with Crippen molar-refractivity contribution in [3.05, 3.63) is 58.0 Å². The topological polar surface area (TPSA) is 76.0 Å². The van der Waals surface area contributed by atoms with E-state index in [0.717, 1.165) is 31.6 Å². The number of piperidine rings is 1. The smallest absolute Gasteiger partial charge is 0.276 e. The first-order valence-electron chi connectivity index (χ1n) is 7.83. The van der Waals surface area contributed by atoms with Gasteiger partial charge in [-0.2, -0.15) is 5.10 Å².